The van der Waals surface area contributed by atoms with Gasteiger partial charge in [0.25, 0.3) is 5.91 Å². The maximum absolute atomic E-state index is 14.6. The van der Waals surface area contributed by atoms with Crippen LogP contribution >= 0.6 is 23.2 Å². The molecule has 0 unspecified atom stereocenters. The maximum Gasteiger partial charge on any atom is 0.408 e. The lowest BCUT2D eigenvalue weighted by molar-refractivity contribution is -0.158. The molecule has 168 valence electrons. The molecule has 0 radical (unpaired) electrons. The van der Waals surface area contributed by atoms with E-state index in [1.807, 2.05) is 5.32 Å². The van der Waals surface area contributed by atoms with Gasteiger partial charge >= 0.3 is 6.18 Å². The van der Waals surface area contributed by atoms with E-state index in [4.69, 9.17) is 23.2 Å². The van der Waals surface area contributed by atoms with Gasteiger partial charge in [-0.2, -0.15) is 13.2 Å². The Morgan fingerprint density at radius 1 is 1.19 bits per heavy atom. The fraction of sp³-hybridized carbons (Fsp3) is 0.250. The second kappa shape index (κ2) is 8.00. The normalized spacial score (nSPS) is 15.1. The highest BCUT2D eigenvalue weighted by atomic mass is 35.5. The van der Waals surface area contributed by atoms with Crippen LogP contribution in [-0.2, 0) is 0 Å². The van der Waals surface area contributed by atoms with Crippen molar-refractivity contribution in [2.75, 3.05) is 0 Å². The smallest absolute Gasteiger partial charge is 0.340 e. The molecule has 32 heavy (non-hydrogen) atoms. The van der Waals surface area contributed by atoms with Crippen LogP contribution in [0.4, 0.5) is 22.0 Å². The molecule has 12 heteroatoms. The van der Waals surface area contributed by atoms with Gasteiger partial charge in [-0.3, -0.25) is 14.2 Å². The van der Waals surface area contributed by atoms with Crippen molar-refractivity contribution in [3.63, 3.8) is 0 Å². The van der Waals surface area contributed by atoms with Crippen molar-refractivity contribution in [2.45, 2.75) is 25.1 Å². The molecule has 1 N–H and O–H groups in total. The summed E-state index contributed by atoms with van der Waals surface area (Å²) in [6.45, 7) is 0. The molecule has 2 heterocycles. The van der Waals surface area contributed by atoms with Crippen molar-refractivity contribution in [3.8, 4) is 5.69 Å². The van der Waals surface area contributed by atoms with Crippen LogP contribution in [0.5, 0.6) is 0 Å². The lowest BCUT2D eigenvalue weighted by Gasteiger charge is -2.21. The Labute approximate surface area is 186 Å². The molecule has 1 atom stereocenters. The summed E-state index contributed by atoms with van der Waals surface area (Å²) in [6.07, 6.45) is -3.34. The van der Waals surface area contributed by atoms with Crippen molar-refractivity contribution in [1.29, 1.82) is 0 Å². The molecular weight excluding hydrogens is 480 g/mol. The van der Waals surface area contributed by atoms with Gasteiger partial charge < -0.3 is 5.32 Å². The monoisotopic (exact) mass is 491 g/mol. The summed E-state index contributed by atoms with van der Waals surface area (Å²) in [7, 11) is 0. The first-order valence-corrected chi connectivity index (χ1v) is 9.97. The quantitative estimate of drug-likeness (QED) is 0.410. The first-order valence-electron chi connectivity index (χ1n) is 9.21. The van der Waals surface area contributed by atoms with Crippen LogP contribution in [0.2, 0.25) is 10.2 Å². The summed E-state index contributed by atoms with van der Waals surface area (Å²) >= 11 is 11.9. The molecule has 1 aliphatic rings. The van der Waals surface area contributed by atoms with Gasteiger partial charge in [-0.25, -0.2) is 13.8 Å². The Bertz CT molecular complexity index is 1280. The van der Waals surface area contributed by atoms with Crippen LogP contribution in [0.15, 0.2) is 35.3 Å². The third-order valence-corrected chi connectivity index (χ3v) is 5.52. The van der Waals surface area contributed by atoms with Gasteiger partial charge in [0.2, 0.25) is 5.43 Å². The van der Waals surface area contributed by atoms with E-state index in [2.05, 4.69) is 4.98 Å². The Hall–Kier alpha value is -2.72. The molecule has 3 aromatic rings. The van der Waals surface area contributed by atoms with Crippen molar-refractivity contribution >= 4 is 40.1 Å². The van der Waals surface area contributed by atoms with E-state index in [1.54, 1.807) is 0 Å². The molecule has 4 rings (SSSR count). The topological polar surface area (TPSA) is 64.0 Å². The number of hydrogen-bond acceptors (Lipinski definition) is 3. The number of pyridine rings is 2. The number of nitrogens with one attached hydrogen (secondary N) is 1. The average Bonchev–Trinajstić information content (AvgIpc) is 3.50. The second-order valence-corrected chi connectivity index (χ2v) is 8.09. The zero-order chi connectivity index (χ0) is 23.4. The summed E-state index contributed by atoms with van der Waals surface area (Å²) in [5.74, 6) is -4.22. The summed E-state index contributed by atoms with van der Waals surface area (Å²) in [5, 5.41) is 1.12. The Kier molecular flexibility index (Phi) is 5.62. The Morgan fingerprint density at radius 3 is 2.47 bits per heavy atom. The minimum Gasteiger partial charge on any atom is -0.340 e. The number of rotatable bonds is 4. The third-order valence-electron chi connectivity index (χ3n) is 5.02. The number of carbonyl (C=O) groups excluding carboxylic acids is 1. The summed E-state index contributed by atoms with van der Waals surface area (Å²) in [5.41, 5.74) is -2.32. The predicted octanol–water partition coefficient (Wildman–Crippen LogP) is 5.04. The van der Waals surface area contributed by atoms with Crippen LogP contribution in [0.1, 0.15) is 23.2 Å². The number of aromatic nitrogens is 2. The van der Waals surface area contributed by atoms with Crippen LogP contribution in [0, 0.1) is 17.6 Å². The zero-order valence-electron chi connectivity index (χ0n) is 15.8. The van der Waals surface area contributed by atoms with Crippen molar-refractivity contribution < 1.29 is 26.7 Å². The van der Waals surface area contributed by atoms with Crippen LogP contribution < -0.4 is 10.7 Å². The highest BCUT2D eigenvalue weighted by molar-refractivity contribution is 6.32. The Balaban J connectivity index is 1.92. The van der Waals surface area contributed by atoms with Gasteiger partial charge in [0, 0.05) is 12.3 Å². The molecule has 0 bridgehead atoms. The van der Waals surface area contributed by atoms with Crippen molar-refractivity contribution in [2.24, 2.45) is 5.92 Å². The molecule has 5 nitrogen and oxygen atoms in total. The number of alkyl halides is 3. The largest absolute Gasteiger partial charge is 0.408 e. The number of halogens is 7. The molecule has 1 aromatic carbocycles. The van der Waals surface area contributed by atoms with Crippen LogP contribution in [-0.4, -0.2) is 27.7 Å². The molecular formula is C20H12Cl2F5N3O2. The number of benzene rings is 1. The van der Waals surface area contributed by atoms with E-state index >= 15 is 0 Å². The SMILES string of the molecule is O=C(N[C@@H](C1CC1)C(F)(F)F)c1cn(-c2c(F)cc(F)cc2Cl)c2nc(Cl)ccc2c1=O. The molecule has 0 aliphatic heterocycles. The van der Waals surface area contributed by atoms with Gasteiger partial charge in [-0.15, -0.1) is 0 Å². The number of fused-ring (bicyclic) bond motifs is 1. The predicted molar refractivity (Wildman–Crippen MR) is 107 cm³/mol. The van der Waals surface area contributed by atoms with Crippen molar-refractivity contribution in [3.05, 3.63) is 68.1 Å². The number of nitrogens with zero attached hydrogens (tertiary/aromatic N) is 2. The molecule has 0 spiro atoms. The van der Waals surface area contributed by atoms with Gasteiger partial charge in [0.05, 0.1) is 10.4 Å². The lowest BCUT2D eigenvalue weighted by atomic mass is 10.1. The molecule has 2 aromatic heterocycles. The van der Waals surface area contributed by atoms with Gasteiger partial charge in [-0.1, -0.05) is 23.2 Å². The van der Waals surface area contributed by atoms with Gasteiger partial charge in [0.15, 0.2) is 5.82 Å². The first-order chi connectivity index (χ1) is 15.0. The van der Waals surface area contributed by atoms with E-state index in [0.29, 0.717) is 6.07 Å². The second-order valence-electron chi connectivity index (χ2n) is 7.30. The summed E-state index contributed by atoms with van der Waals surface area (Å²) < 4.78 is 69.1. The highest BCUT2D eigenvalue weighted by Gasteiger charge is 2.49. The van der Waals surface area contributed by atoms with Gasteiger partial charge in [-0.05, 0) is 37.0 Å². The summed E-state index contributed by atoms with van der Waals surface area (Å²) in [6, 6.07) is 1.59. The van der Waals surface area contributed by atoms with Gasteiger partial charge in [0.1, 0.15) is 33.9 Å². The number of amides is 1. The fourth-order valence-corrected chi connectivity index (χ4v) is 3.82. The first kappa shape index (κ1) is 22.5. The molecule has 1 fully saturated rings. The van der Waals surface area contributed by atoms with E-state index in [9.17, 15) is 31.5 Å². The fourth-order valence-electron chi connectivity index (χ4n) is 3.39. The van der Waals surface area contributed by atoms with Crippen molar-refractivity contribution in [1.82, 2.24) is 14.9 Å². The minimum atomic E-state index is -4.71. The molecule has 1 aliphatic carbocycles. The standard InChI is InChI=1S/C20H12Cl2F5N3O2/c21-12-5-9(23)6-13(24)15(12)30-7-11(16(31)10-3-4-14(22)28-18(10)30)19(32)29-17(8-1-2-8)20(25,26)27/h3-8,17H,1-2H2,(H,29,32)/t17-/m0/s1. The zero-order valence-corrected chi connectivity index (χ0v) is 17.3. The molecule has 1 amide bonds. The van der Waals surface area contributed by atoms with E-state index in [1.165, 1.54) is 12.1 Å². The minimum absolute atomic E-state index is 0.0904. The molecule has 1 saturated carbocycles. The number of hydrogen-bond donors (Lipinski definition) is 1. The summed E-state index contributed by atoms with van der Waals surface area (Å²) in [4.78, 5) is 29.5. The molecule has 0 saturated heterocycles. The van der Waals surface area contributed by atoms with E-state index in [0.717, 1.165) is 16.8 Å². The maximum atomic E-state index is 14.6. The average molecular weight is 492 g/mol. The van der Waals surface area contributed by atoms with E-state index < -0.39 is 57.4 Å². The lowest BCUT2D eigenvalue weighted by Crippen LogP contribution is -2.48. The third kappa shape index (κ3) is 4.16. The number of carbonyl (C=O) groups is 1. The van der Waals surface area contributed by atoms with Crippen LogP contribution in [0.25, 0.3) is 16.7 Å². The van der Waals surface area contributed by atoms with Crippen LogP contribution in [0.3, 0.4) is 0 Å². The highest BCUT2D eigenvalue weighted by Crippen LogP contribution is 2.40. The Morgan fingerprint density at radius 2 is 1.88 bits per heavy atom. The van der Waals surface area contributed by atoms with E-state index in [-0.39, 0.29) is 29.0 Å².